The Labute approximate surface area is 180 Å². The van der Waals surface area contributed by atoms with E-state index in [1.165, 1.54) is 26.2 Å². The van der Waals surface area contributed by atoms with Gasteiger partial charge in [0.2, 0.25) is 5.91 Å². The molecule has 0 unspecified atom stereocenters. The van der Waals surface area contributed by atoms with Crippen molar-refractivity contribution < 1.29 is 28.6 Å². The predicted molar refractivity (Wildman–Crippen MR) is 114 cm³/mol. The van der Waals surface area contributed by atoms with Crippen LogP contribution in [0, 0.1) is 0 Å². The van der Waals surface area contributed by atoms with Crippen molar-refractivity contribution in [3.63, 3.8) is 0 Å². The molecule has 9 heteroatoms. The van der Waals surface area contributed by atoms with Gasteiger partial charge < -0.3 is 24.4 Å². The number of carbonyl (C=O) groups is 3. The van der Waals surface area contributed by atoms with E-state index in [0.29, 0.717) is 22.9 Å². The van der Waals surface area contributed by atoms with Crippen molar-refractivity contribution in [3.05, 3.63) is 48.5 Å². The second-order valence-electron chi connectivity index (χ2n) is 6.85. The second kappa shape index (κ2) is 9.94. The molecule has 0 radical (unpaired) electrons. The SMILES string of the molecule is COCCN1C(=O)N(c2ccccc2)C(=O)[C@H]1CC(=O)Nc1cc(OC)cc(OC)c1. The third-order valence-corrected chi connectivity index (χ3v) is 4.88. The van der Waals surface area contributed by atoms with E-state index in [9.17, 15) is 14.4 Å². The van der Waals surface area contributed by atoms with Crippen molar-refractivity contribution in [1.29, 1.82) is 0 Å². The lowest BCUT2D eigenvalue weighted by Crippen LogP contribution is -2.39. The Morgan fingerprint density at radius 2 is 1.65 bits per heavy atom. The highest BCUT2D eigenvalue weighted by Crippen LogP contribution is 2.28. The molecule has 1 aliphatic heterocycles. The van der Waals surface area contributed by atoms with Gasteiger partial charge in [0, 0.05) is 37.5 Å². The van der Waals surface area contributed by atoms with E-state index in [-0.39, 0.29) is 19.6 Å². The first-order valence-electron chi connectivity index (χ1n) is 9.70. The summed E-state index contributed by atoms with van der Waals surface area (Å²) in [4.78, 5) is 41.2. The summed E-state index contributed by atoms with van der Waals surface area (Å²) in [6.45, 7) is 0.433. The average Bonchev–Trinajstić information content (AvgIpc) is 3.01. The van der Waals surface area contributed by atoms with Crippen LogP contribution in [0.5, 0.6) is 11.5 Å². The highest BCUT2D eigenvalue weighted by atomic mass is 16.5. The lowest BCUT2D eigenvalue weighted by atomic mass is 10.1. The Hall–Kier alpha value is -3.59. The standard InChI is InChI=1S/C22H25N3O6/c1-29-10-9-24-19(21(27)25(22(24)28)16-7-5-4-6-8-16)14-20(26)23-15-11-17(30-2)13-18(12-15)31-3/h4-8,11-13,19H,9-10,14H2,1-3H3,(H,23,26)/t19-/m1/s1. The number of hydrogen-bond acceptors (Lipinski definition) is 6. The third-order valence-electron chi connectivity index (χ3n) is 4.88. The number of urea groups is 1. The largest absolute Gasteiger partial charge is 0.497 e. The first-order chi connectivity index (χ1) is 15.0. The summed E-state index contributed by atoms with van der Waals surface area (Å²) in [5.74, 6) is 0.155. The van der Waals surface area contributed by atoms with Crippen LogP contribution in [0.15, 0.2) is 48.5 Å². The number of carbonyl (C=O) groups excluding carboxylic acids is 3. The molecule has 0 saturated carbocycles. The Kier molecular flexibility index (Phi) is 7.09. The fourth-order valence-electron chi connectivity index (χ4n) is 3.36. The van der Waals surface area contributed by atoms with Gasteiger partial charge in [0.15, 0.2) is 0 Å². The first-order valence-corrected chi connectivity index (χ1v) is 9.70. The molecule has 0 aromatic heterocycles. The minimum atomic E-state index is -0.935. The molecule has 0 spiro atoms. The summed E-state index contributed by atoms with van der Waals surface area (Å²) < 4.78 is 15.5. The van der Waals surface area contributed by atoms with Crippen LogP contribution in [0.3, 0.4) is 0 Å². The molecule has 3 rings (SSSR count). The summed E-state index contributed by atoms with van der Waals surface area (Å²) in [6.07, 6.45) is -0.197. The summed E-state index contributed by atoms with van der Waals surface area (Å²) in [6, 6.07) is 12.2. The molecule has 0 aliphatic carbocycles. The van der Waals surface area contributed by atoms with E-state index in [1.54, 1.807) is 48.5 Å². The molecule has 1 N–H and O–H groups in total. The molecule has 0 bridgehead atoms. The smallest absolute Gasteiger partial charge is 0.332 e. The zero-order valence-corrected chi connectivity index (χ0v) is 17.7. The van der Waals surface area contributed by atoms with Gasteiger partial charge in [-0.15, -0.1) is 0 Å². The van der Waals surface area contributed by atoms with Gasteiger partial charge >= 0.3 is 6.03 Å². The monoisotopic (exact) mass is 427 g/mol. The molecule has 1 aliphatic rings. The van der Waals surface area contributed by atoms with Gasteiger partial charge in [0.05, 0.1) is 32.9 Å². The van der Waals surface area contributed by atoms with Crippen molar-refractivity contribution >= 4 is 29.2 Å². The Morgan fingerprint density at radius 3 is 2.23 bits per heavy atom. The van der Waals surface area contributed by atoms with Crippen LogP contribution in [0.25, 0.3) is 0 Å². The molecule has 4 amide bonds. The summed E-state index contributed by atoms with van der Waals surface area (Å²) >= 11 is 0. The van der Waals surface area contributed by atoms with Crippen LogP contribution in [-0.4, -0.2) is 63.3 Å². The number of imide groups is 1. The van der Waals surface area contributed by atoms with E-state index in [1.807, 2.05) is 0 Å². The van der Waals surface area contributed by atoms with Gasteiger partial charge in [-0.25, -0.2) is 9.69 Å². The van der Waals surface area contributed by atoms with Crippen LogP contribution < -0.4 is 19.7 Å². The maximum Gasteiger partial charge on any atom is 0.332 e. The zero-order valence-electron chi connectivity index (χ0n) is 17.7. The number of anilines is 2. The number of rotatable bonds is 9. The highest BCUT2D eigenvalue weighted by molar-refractivity contribution is 6.22. The number of nitrogens with zero attached hydrogens (tertiary/aromatic N) is 2. The van der Waals surface area contributed by atoms with Crippen molar-refractivity contribution in [3.8, 4) is 11.5 Å². The van der Waals surface area contributed by atoms with Gasteiger partial charge in [-0.05, 0) is 12.1 Å². The van der Waals surface area contributed by atoms with Crippen molar-refractivity contribution in [2.75, 3.05) is 44.7 Å². The lowest BCUT2D eigenvalue weighted by Gasteiger charge is -2.21. The third kappa shape index (κ3) is 4.95. The van der Waals surface area contributed by atoms with E-state index in [2.05, 4.69) is 5.32 Å². The number of amides is 4. The predicted octanol–water partition coefficient (Wildman–Crippen LogP) is 2.52. The molecule has 31 heavy (non-hydrogen) atoms. The van der Waals surface area contributed by atoms with Crippen LogP contribution in [0.2, 0.25) is 0 Å². The molecule has 164 valence electrons. The normalized spacial score (nSPS) is 15.9. The van der Waals surface area contributed by atoms with Gasteiger partial charge in [-0.3, -0.25) is 9.59 Å². The lowest BCUT2D eigenvalue weighted by molar-refractivity contribution is -0.124. The number of hydrogen-bond donors (Lipinski definition) is 1. The maximum absolute atomic E-state index is 13.1. The highest BCUT2D eigenvalue weighted by Gasteiger charge is 2.46. The maximum atomic E-state index is 13.1. The van der Waals surface area contributed by atoms with Crippen LogP contribution in [-0.2, 0) is 14.3 Å². The van der Waals surface area contributed by atoms with Gasteiger partial charge in [0.25, 0.3) is 5.91 Å². The molecule has 2 aromatic carbocycles. The number of ether oxygens (including phenoxy) is 3. The number of para-hydroxylation sites is 1. The molecule has 2 aromatic rings. The molecular weight excluding hydrogens is 402 g/mol. The van der Waals surface area contributed by atoms with Crippen molar-refractivity contribution in [2.45, 2.75) is 12.5 Å². The van der Waals surface area contributed by atoms with E-state index in [4.69, 9.17) is 14.2 Å². The first kappa shape index (κ1) is 22.1. The molecule has 9 nitrogen and oxygen atoms in total. The molecule has 1 saturated heterocycles. The summed E-state index contributed by atoms with van der Waals surface area (Å²) in [7, 11) is 4.53. The molecule has 1 atom stereocenters. The van der Waals surface area contributed by atoms with Crippen LogP contribution >= 0.6 is 0 Å². The van der Waals surface area contributed by atoms with Crippen molar-refractivity contribution in [2.24, 2.45) is 0 Å². The topological polar surface area (TPSA) is 97.4 Å². The Balaban J connectivity index is 1.79. The van der Waals surface area contributed by atoms with Gasteiger partial charge in [-0.2, -0.15) is 0 Å². The van der Waals surface area contributed by atoms with E-state index >= 15 is 0 Å². The Morgan fingerprint density at radius 1 is 1.00 bits per heavy atom. The summed E-state index contributed by atoms with van der Waals surface area (Å²) in [5, 5.41) is 2.75. The fourth-order valence-corrected chi connectivity index (χ4v) is 3.36. The quantitative estimate of drug-likeness (QED) is 0.618. The van der Waals surface area contributed by atoms with Crippen LogP contribution in [0.4, 0.5) is 16.2 Å². The van der Waals surface area contributed by atoms with E-state index in [0.717, 1.165) is 4.90 Å². The molecule has 1 fully saturated rings. The van der Waals surface area contributed by atoms with Gasteiger partial charge in [-0.1, -0.05) is 18.2 Å². The average molecular weight is 427 g/mol. The van der Waals surface area contributed by atoms with Gasteiger partial charge in [0.1, 0.15) is 17.5 Å². The fraction of sp³-hybridized carbons (Fsp3) is 0.318. The van der Waals surface area contributed by atoms with Crippen LogP contribution in [0.1, 0.15) is 6.42 Å². The summed E-state index contributed by atoms with van der Waals surface area (Å²) in [5.41, 5.74) is 0.918. The second-order valence-corrected chi connectivity index (χ2v) is 6.85. The molecular formula is C22H25N3O6. The molecule has 1 heterocycles. The minimum absolute atomic E-state index is 0.190. The number of benzene rings is 2. The number of nitrogens with one attached hydrogen (secondary N) is 1. The zero-order chi connectivity index (χ0) is 22.4. The number of methoxy groups -OCH3 is 3. The van der Waals surface area contributed by atoms with Crippen molar-refractivity contribution in [1.82, 2.24) is 4.90 Å². The van der Waals surface area contributed by atoms with E-state index < -0.39 is 23.9 Å². The Bertz CT molecular complexity index is 927. The minimum Gasteiger partial charge on any atom is -0.497 e.